The van der Waals surface area contributed by atoms with Gasteiger partial charge in [-0.2, -0.15) is 0 Å². The van der Waals surface area contributed by atoms with Gasteiger partial charge in [-0.25, -0.2) is 0 Å². The summed E-state index contributed by atoms with van der Waals surface area (Å²) in [5, 5.41) is 11.6. The summed E-state index contributed by atoms with van der Waals surface area (Å²) in [7, 11) is 0. The zero-order chi connectivity index (χ0) is 10.7. The molecular weight excluding hydrogens is 198 g/mol. The summed E-state index contributed by atoms with van der Waals surface area (Å²) >= 11 is 5.85. The van der Waals surface area contributed by atoms with Crippen LogP contribution in [0, 0.1) is 20.8 Å². The Hall–Kier alpha value is -1.02. The van der Waals surface area contributed by atoms with Gasteiger partial charge in [0.1, 0.15) is 0 Å². The van der Waals surface area contributed by atoms with E-state index in [-0.39, 0.29) is 0 Å². The van der Waals surface area contributed by atoms with Gasteiger partial charge in [-0.05, 0) is 43.0 Å². The number of aryl methyl sites for hydroxylation is 2. The van der Waals surface area contributed by atoms with Crippen molar-refractivity contribution in [3.05, 3.63) is 33.9 Å². The Morgan fingerprint density at radius 2 is 2.00 bits per heavy atom. The largest absolute Gasteiger partial charge is 0.411 e. The quantitative estimate of drug-likeness (QED) is 0.347. The molecular formula is C11H14ClNO. The van der Waals surface area contributed by atoms with Crippen molar-refractivity contribution in [3.63, 3.8) is 0 Å². The Bertz CT molecular complexity index is 372. The summed E-state index contributed by atoms with van der Waals surface area (Å²) in [4.78, 5) is 0. The summed E-state index contributed by atoms with van der Waals surface area (Å²) in [5.41, 5.74) is 5.45. The molecule has 1 aromatic rings. The highest BCUT2D eigenvalue weighted by Crippen LogP contribution is 2.22. The van der Waals surface area contributed by atoms with Crippen molar-refractivity contribution in [2.75, 3.05) is 0 Å². The molecule has 0 atom stereocenters. The molecule has 0 bridgehead atoms. The number of nitrogens with zero attached hydrogens (tertiary/aromatic N) is 1. The van der Waals surface area contributed by atoms with Gasteiger partial charge >= 0.3 is 0 Å². The fourth-order valence-corrected chi connectivity index (χ4v) is 2.12. The first-order valence-electron chi connectivity index (χ1n) is 4.45. The van der Waals surface area contributed by atoms with Gasteiger partial charge in [0.2, 0.25) is 0 Å². The van der Waals surface area contributed by atoms with Gasteiger partial charge in [-0.3, -0.25) is 0 Å². The lowest BCUT2D eigenvalue weighted by Gasteiger charge is -2.12. The van der Waals surface area contributed by atoms with E-state index < -0.39 is 0 Å². The lowest BCUT2D eigenvalue weighted by molar-refractivity contribution is 0.322. The van der Waals surface area contributed by atoms with Crippen LogP contribution in [0.1, 0.15) is 27.8 Å². The molecule has 0 saturated carbocycles. The lowest BCUT2D eigenvalue weighted by Crippen LogP contribution is -1.99. The molecule has 14 heavy (non-hydrogen) atoms. The van der Waals surface area contributed by atoms with E-state index in [9.17, 15) is 0 Å². The second-order valence-corrected chi connectivity index (χ2v) is 3.67. The first-order valence-corrected chi connectivity index (χ1v) is 4.98. The first kappa shape index (κ1) is 11.1. The molecule has 0 fully saturated rings. The van der Waals surface area contributed by atoms with Crippen LogP contribution in [-0.2, 0) is 5.88 Å². The van der Waals surface area contributed by atoms with Gasteiger partial charge in [0.25, 0.3) is 0 Å². The zero-order valence-corrected chi connectivity index (χ0v) is 9.39. The number of hydrogen-bond donors (Lipinski definition) is 1. The molecule has 0 aromatic heterocycles. The molecule has 1 aromatic carbocycles. The first-order chi connectivity index (χ1) is 6.61. The molecule has 0 aliphatic carbocycles. The van der Waals surface area contributed by atoms with Gasteiger partial charge in [0.05, 0.1) is 6.21 Å². The lowest BCUT2D eigenvalue weighted by atomic mass is 9.95. The van der Waals surface area contributed by atoms with E-state index in [0.717, 1.165) is 22.3 Å². The molecule has 3 heteroatoms. The van der Waals surface area contributed by atoms with Crippen LogP contribution in [0.3, 0.4) is 0 Å². The highest BCUT2D eigenvalue weighted by Gasteiger charge is 2.08. The van der Waals surface area contributed by atoms with Gasteiger partial charge in [0, 0.05) is 11.4 Å². The van der Waals surface area contributed by atoms with Crippen molar-refractivity contribution >= 4 is 17.8 Å². The molecule has 2 nitrogen and oxygen atoms in total. The molecule has 0 unspecified atom stereocenters. The minimum absolute atomic E-state index is 0.490. The van der Waals surface area contributed by atoms with Crippen LogP contribution in [0.25, 0.3) is 0 Å². The van der Waals surface area contributed by atoms with E-state index in [4.69, 9.17) is 16.8 Å². The smallest absolute Gasteiger partial charge is 0.0739 e. The summed E-state index contributed by atoms with van der Waals surface area (Å²) < 4.78 is 0. The summed E-state index contributed by atoms with van der Waals surface area (Å²) in [6.45, 7) is 6.03. The van der Waals surface area contributed by atoms with E-state index >= 15 is 0 Å². The maximum absolute atomic E-state index is 8.54. The monoisotopic (exact) mass is 211 g/mol. The third-order valence-corrected chi connectivity index (χ3v) is 2.78. The van der Waals surface area contributed by atoms with E-state index in [1.165, 1.54) is 11.8 Å². The normalized spacial score (nSPS) is 11.1. The van der Waals surface area contributed by atoms with Crippen LogP contribution in [0.2, 0.25) is 0 Å². The van der Waals surface area contributed by atoms with Crippen molar-refractivity contribution < 1.29 is 5.21 Å². The number of benzene rings is 1. The second kappa shape index (κ2) is 4.47. The van der Waals surface area contributed by atoms with Crippen LogP contribution < -0.4 is 0 Å². The number of alkyl halides is 1. The molecule has 1 N–H and O–H groups in total. The molecule has 0 aliphatic rings. The SMILES string of the molecule is Cc1cc(C)c(CCl)c(C)c1/C=N/O. The van der Waals surface area contributed by atoms with Gasteiger partial charge in [0.15, 0.2) is 0 Å². The van der Waals surface area contributed by atoms with Gasteiger partial charge in [-0.1, -0.05) is 11.2 Å². The average Bonchev–Trinajstić information content (AvgIpc) is 2.12. The fraction of sp³-hybridized carbons (Fsp3) is 0.364. The summed E-state index contributed by atoms with van der Waals surface area (Å²) in [6.07, 6.45) is 1.46. The van der Waals surface area contributed by atoms with Crippen LogP contribution >= 0.6 is 11.6 Å². The Morgan fingerprint density at radius 3 is 2.50 bits per heavy atom. The third-order valence-electron chi connectivity index (χ3n) is 2.51. The van der Waals surface area contributed by atoms with Crippen LogP contribution in [0.4, 0.5) is 0 Å². The average molecular weight is 212 g/mol. The zero-order valence-electron chi connectivity index (χ0n) is 8.63. The highest BCUT2D eigenvalue weighted by atomic mass is 35.5. The predicted octanol–water partition coefficient (Wildman–Crippen LogP) is 3.16. The predicted molar refractivity (Wildman–Crippen MR) is 59.6 cm³/mol. The topological polar surface area (TPSA) is 32.6 Å². The number of oxime groups is 1. The van der Waals surface area contributed by atoms with E-state index in [1.54, 1.807) is 0 Å². The number of halogens is 1. The van der Waals surface area contributed by atoms with Crippen molar-refractivity contribution in [1.29, 1.82) is 0 Å². The van der Waals surface area contributed by atoms with Crippen molar-refractivity contribution in [2.24, 2.45) is 5.16 Å². The summed E-state index contributed by atoms with van der Waals surface area (Å²) in [6, 6.07) is 2.06. The molecule has 0 aliphatic heterocycles. The minimum atomic E-state index is 0.490. The fourth-order valence-electron chi connectivity index (χ4n) is 1.71. The van der Waals surface area contributed by atoms with E-state index in [2.05, 4.69) is 11.2 Å². The van der Waals surface area contributed by atoms with E-state index in [1.807, 2.05) is 20.8 Å². The summed E-state index contributed by atoms with van der Waals surface area (Å²) in [5.74, 6) is 0.490. The highest BCUT2D eigenvalue weighted by molar-refractivity contribution is 6.17. The van der Waals surface area contributed by atoms with Crippen molar-refractivity contribution in [3.8, 4) is 0 Å². The molecule has 0 saturated heterocycles. The standard InChI is InChI=1S/C11H14ClNO/c1-7-4-8(2)11(6-13-14)9(3)10(7)5-12/h4,6,14H,5H2,1-3H3/b13-6+. The van der Waals surface area contributed by atoms with Crippen LogP contribution in [0.5, 0.6) is 0 Å². The van der Waals surface area contributed by atoms with Crippen molar-refractivity contribution in [2.45, 2.75) is 26.7 Å². The Balaban J connectivity index is 3.43. The Morgan fingerprint density at radius 1 is 1.36 bits per heavy atom. The second-order valence-electron chi connectivity index (χ2n) is 3.41. The molecule has 0 radical (unpaired) electrons. The Labute approximate surface area is 89.2 Å². The molecule has 0 heterocycles. The maximum Gasteiger partial charge on any atom is 0.0739 e. The number of rotatable bonds is 2. The molecule has 0 spiro atoms. The Kier molecular flexibility index (Phi) is 3.53. The third kappa shape index (κ3) is 1.90. The minimum Gasteiger partial charge on any atom is -0.411 e. The van der Waals surface area contributed by atoms with Gasteiger partial charge < -0.3 is 5.21 Å². The number of hydrogen-bond acceptors (Lipinski definition) is 2. The molecule has 1 rings (SSSR count). The van der Waals surface area contributed by atoms with Crippen LogP contribution in [0.15, 0.2) is 11.2 Å². The van der Waals surface area contributed by atoms with Crippen LogP contribution in [-0.4, -0.2) is 11.4 Å². The van der Waals surface area contributed by atoms with Crippen molar-refractivity contribution in [1.82, 2.24) is 0 Å². The van der Waals surface area contributed by atoms with Gasteiger partial charge in [-0.15, -0.1) is 11.6 Å². The maximum atomic E-state index is 8.54. The molecule has 0 amide bonds. The molecule has 76 valence electrons. The van der Waals surface area contributed by atoms with E-state index in [0.29, 0.717) is 5.88 Å².